The van der Waals surface area contributed by atoms with Gasteiger partial charge >= 0.3 is 6.03 Å². The maximum atomic E-state index is 12.3. The summed E-state index contributed by atoms with van der Waals surface area (Å²) in [5.41, 5.74) is 2.67. The lowest BCUT2D eigenvalue weighted by Crippen LogP contribution is -2.19. The van der Waals surface area contributed by atoms with Crippen molar-refractivity contribution in [3.8, 4) is 11.3 Å². The molecule has 0 fully saturated rings. The molecule has 0 radical (unpaired) electrons. The zero-order valence-corrected chi connectivity index (χ0v) is 10.9. The van der Waals surface area contributed by atoms with Gasteiger partial charge in [-0.25, -0.2) is 4.79 Å². The van der Waals surface area contributed by atoms with Crippen LogP contribution in [0.1, 0.15) is 0 Å². The van der Waals surface area contributed by atoms with Gasteiger partial charge in [0.2, 0.25) is 0 Å². The molecule has 0 saturated carbocycles. The van der Waals surface area contributed by atoms with Crippen molar-refractivity contribution in [2.24, 2.45) is 0 Å². The van der Waals surface area contributed by atoms with E-state index < -0.39 is 0 Å². The van der Waals surface area contributed by atoms with Crippen molar-refractivity contribution < 1.29 is 4.79 Å². The first-order chi connectivity index (χ1) is 9.84. The van der Waals surface area contributed by atoms with Crippen molar-refractivity contribution in [2.75, 3.05) is 5.32 Å². The normalized spacial score (nSPS) is 10.2. The van der Waals surface area contributed by atoms with Crippen molar-refractivity contribution in [3.05, 3.63) is 79.0 Å². The summed E-state index contributed by atoms with van der Waals surface area (Å²) in [5.74, 6) is 0. The van der Waals surface area contributed by atoms with Crippen LogP contribution in [-0.4, -0.2) is 10.6 Å². The van der Waals surface area contributed by atoms with Crippen LogP contribution in [0.15, 0.2) is 79.0 Å². The monoisotopic (exact) mass is 262 g/mol. The van der Waals surface area contributed by atoms with E-state index in [4.69, 9.17) is 0 Å². The molecule has 0 aliphatic rings. The van der Waals surface area contributed by atoms with Crippen LogP contribution in [0.2, 0.25) is 0 Å². The fourth-order valence-corrected chi connectivity index (χ4v) is 2.11. The average molecular weight is 262 g/mol. The minimum absolute atomic E-state index is 0.167. The number of rotatable bonds is 2. The van der Waals surface area contributed by atoms with Gasteiger partial charge in [-0.2, -0.15) is 0 Å². The number of anilines is 1. The number of hydrogen-bond acceptors (Lipinski definition) is 1. The lowest BCUT2D eigenvalue weighted by molar-refractivity contribution is 0.254. The maximum Gasteiger partial charge on any atom is 0.330 e. The third kappa shape index (κ3) is 2.47. The molecule has 0 bridgehead atoms. The fraction of sp³-hybridized carbons (Fsp3) is 0. The quantitative estimate of drug-likeness (QED) is 0.736. The molecular weight excluding hydrogens is 248 g/mol. The Morgan fingerprint density at radius 1 is 0.800 bits per heavy atom. The first-order valence-corrected chi connectivity index (χ1v) is 6.44. The molecule has 3 heteroatoms. The standard InChI is InChI=1S/C17H14N2O/c20-17(18-15-10-5-2-6-11-15)19-13-7-12-16(19)14-8-3-1-4-9-14/h1-13H,(H,18,20). The largest absolute Gasteiger partial charge is 0.330 e. The predicted octanol–water partition coefficient (Wildman–Crippen LogP) is 4.24. The summed E-state index contributed by atoms with van der Waals surface area (Å²) < 4.78 is 1.61. The van der Waals surface area contributed by atoms with E-state index >= 15 is 0 Å². The molecular formula is C17H14N2O. The van der Waals surface area contributed by atoms with Crippen molar-refractivity contribution in [2.45, 2.75) is 0 Å². The van der Waals surface area contributed by atoms with E-state index in [-0.39, 0.29) is 6.03 Å². The van der Waals surface area contributed by atoms with Gasteiger partial charge in [0, 0.05) is 11.9 Å². The van der Waals surface area contributed by atoms with Gasteiger partial charge in [0.1, 0.15) is 0 Å². The molecule has 1 aromatic heterocycles. The zero-order chi connectivity index (χ0) is 13.8. The van der Waals surface area contributed by atoms with E-state index in [2.05, 4.69) is 5.32 Å². The number of carbonyl (C=O) groups excluding carboxylic acids is 1. The molecule has 0 atom stereocenters. The van der Waals surface area contributed by atoms with Gasteiger partial charge in [-0.3, -0.25) is 4.57 Å². The van der Waals surface area contributed by atoms with E-state index in [1.807, 2.05) is 72.8 Å². The number of aromatic nitrogens is 1. The van der Waals surface area contributed by atoms with Gasteiger partial charge < -0.3 is 5.32 Å². The molecule has 3 aromatic rings. The van der Waals surface area contributed by atoms with Gasteiger partial charge in [0.05, 0.1) is 5.69 Å². The molecule has 0 unspecified atom stereocenters. The van der Waals surface area contributed by atoms with E-state index in [1.165, 1.54) is 0 Å². The lowest BCUT2D eigenvalue weighted by atomic mass is 10.1. The summed E-state index contributed by atoms with van der Waals surface area (Å²) in [6.07, 6.45) is 1.76. The van der Waals surface area contributed by atoms with Crippen LogP contribution >= 0.6 is 0 Å². The summed E-state index contributed by atoms with van der Waals surface area (Å²) in [6, 6.07) is 22.9. The van der Waals surface area contributed by atoms with Crippen molar-refractivity contribution in [3.63, 3.8) is 0 Å². The third-order valence-electron chi connectivity index (χ3n) is 3.06. The number of carbonyl (C=O) groups is 1. The molecule has 0 aliphatic carbocycles. The Bertz CT molecular complexity index is 702. The molecule has 98 valence electrons. The highest BCUT2D eigenvalue weighted by molar-refractivity contribution is 5.93. The van der Waals surface area contributed by atoms with Crippen LogP contribution in [0.4, 0.5) is 10.5 Å². The van der Waals surface area contributed by atoms with E-state index in [0.717, 1.165) is 16.9 Å². The Morgan fingerprint density at radius 3 is 2.15 bits per heavy atom. The molecule has 1 heterocycles. The minimum atomic E-state index is -0.167. The Labute approximate surface area is 117 Å². The Hall–Kier alpha value is -2.81. The van der Waals surface area contributed by atoms with Gasteiger partial charge in [0.15, 0.2) is 0 Å². The first-order valence-electron chi connectivity index (χ1n) is 6.44. The highest BCUT2D eigenvalue weighted by Crippen LogP contribution is 2.20. The summed E-state index contributed by atoms with van der Waals surface area (Å²) >= 11 is 0. The van der Waals surface area contributed by atoms with Crippen molar-refractivity contribution in [1.29, 1.82) is 0 Å². The van der Waals surface area contributed by atoms with E-state index in [0.29, 0.717) is 0 Å². The van der Waals surface area contributed by atoms with Gasteiger partial charge in [0.25, 0.3) is 0 Å². The second-order valence-electron chi connectivity index (χ2n) is 4.43. The van der Waals surface area contributed by atoms with Crippen LogP contribution in [0.25, 0.3) is 11.3 Å². The molecule has 1 N–H and O–H groups in total. The zero-order valence-electron chi connectivity index (χ0n) is 10.9. The smallest absolute Gasteiger partial charge is 0.307 e. The number of benzene rings is 2. The van der Waals surface area contributed by atoms with Crippen LogP contribution in [-0.2, 0) is 0 Å². The SMILES string of the molecule is O=C(Nc1ccccc1)n1cccc1-c1ccccc1. The summed E-state index contributed by atoms with van der Waals surface area (Å²) in [7, 11) is 0. The second-order valence-corrected chi connectivity index (χ2v) is 4.43. The van der Waals surface area contributed by atoms with Gasteiger partial charge in [-0.05, 0) is 29.8 Å². The summed E-state index contributed by atoms with van der Waals surface area (Å²) in [6.45, 7) is 0. The Kier molecular flexibility index (Phi) is 3.33. The van der Waals surface area contributed by atoms with Crippen LogP contribution in [0.5, 0.6) is 0 Å². The third-order valence-corrected chi connectivity index (χ3v) is 3.06. The Balaban J connectivity index is 1.88. The molecule has 20 heavy (non-hydrogen) atoms. The van der Waals surface area contributed by atoms with Gasteiger partial charge in [-0.1, -0.05) is 48.5 Å². The van der Waals surface area contributed by atoms with Crippen LogP contribution in [0.3, 0.4) is 0 Å². The van der Waals surface area contributed by atoms with Crippen molar-refractivity contribution in [1.82, 2.24) is 4.57 Å². The molecule has 3 nitrogen and oxygen atoms in total. The predicted molar refractivity (Wildman–Crippen MR) is 80.7 cm³/mol. The highest BCUT2D eigenvalue weighted by atomic mass is 16.2. The van der Waals surface area contributed by atoms with E-state index in [1.54, 1.807) is 10.8 Å². The second kappa shape index (κ2) is 5.45. The summed E-state index contributed by atoms with van der Waals surface area (Å²) in [4.78, 5) is 12.3. The Morgan fingerprint density at radius 2 is 1.45 bits per heavy atom. The van der Waals surface area contributed by atoms with Crippen LogP contribution < -0.4 is 5.32 Å². The molecule has 0 spiro atoms. The number of hydrogen-bond donors (Lipinski definition) is 1. The van der Waals surface area contributed by atoms with Crippen molar-refractivity contribution >= 4 is 11.7 Å². The maximum absolute atomic E-state index is 12.3. The number of nitrogens with one attached hydrogen (secondary N) is 1. The minimum Gasteiger partial charge on any atom is -0.307 e. The molecule has 0 aliphatic heterocycles. The van der Waals surface area contributed by atoms with Gasteiger partial charge in [-0.15, -0.1) is 0 Å². The number of amides is 1. The molecule has 2 aromatic carbocycles. The molecule has 0 saturated heterocycles. The molecule has 3 rings (SSSR count). The fourth-order valence-electron chi connectivity index (χ4n) is 2.11. The average Bonchev–Trinajstić information content (AvgIpc) is 2.99. The highest BCUT2D eigenvalue weighted by Gasteiger charge is 2.10. The topological polar surface area (TPSA) is 34.0 Å². The first kappa shape index (κ1) is 12.2. The van der Waals surface area contributed by atoms with Crippen LogP contribution in [0, 0.1) is 0 Å². The lowest BCUT2D eigenvalue weighted by Gasteiger charge is -2.09. The number of para-hydroxylation sites is 1. The van der Waals surface area contributed by atoms with E-state index in [9.17, 15) is 4.79 Å². The molecule has 1 amide bonds. The number of nitrogens with zero attached hydrogens (tertiary/aromatic N) is 1. The summed E-state index contributed by atoms with van der Waals surface area (Å²) in [5, 5.41) is 2.88.